The van der Waals surface area contributed by atoms with E-state index in [0.717, 1.165) is 18.7 Å². The van der Waals surface area contributed by atoms with Crippen LogP contribution in [0, 0.1) is 5.92 Å². The molecule has 0 saturated heterocycles. The lowest BCUT2D eigenvalue weighted by Gasteiger charge is -2.24. The lowest BCUT2D eigenvalue weighted by Crippen LogP contribution is -2.28. The summed E-state index contributed by atoms with van der Waals surface area (Å²) in [5.41, 5.74) is 0.904. The fourth-order valence-corrected chi connectivity index (χ4v) is 1.73. The van der Waals surface area contributed by atoms with E-state index in [9.17, 15) is 0 Å². The molecule has 1 rings (SSSR count). The number of methoxy groups -OCH3 is 1. The number of ether oxygens (including phenoxy) is 1. The van der Waals surface area contributed by atoms with Crippen LogP contribution in [0.15, 0.2) is 12.4 Å². The van der Waals surface area contributed by atoms with Crippen LogP contribution in [0.25, 0.3) is 0 Å². The molecule has 16 heavy (non-hydrogen) atoms. The van der Waals surface area contributed by atoms with Crippen molar-refractivity contribution in [3.05, 3.63) is 18.1 Å². The van der Waals surface area contributed by atoms with Crippen LogP contribution in [0.4, 0.5) is 0 Å². The minimum atomic E-state index is 0.207. The second-order valence-corrected chi connectivity index (χ2v) is 3.87. The molecule has 2 unspecified atom stereocenters. The van der Waals surface area contributed by atoms with E-state index in [4.69, 9.17) is 4.74 Å². The smallest absolute Gasteiger partial charge is 0.237 e. The van der Waals surface area contributed by atoms with Gasteiger partial charge >= 0.3 is 0 Å². The Kier molecular flexibility index (Phi) is 5.19. The maximum Gasteiger partial charge on any atom is 0.237 e. The zero-order valence-electron chi connectivity index (χ0n) is 10.5. The molecule has 1 aromatic heterocycles. The highest BCUT2D eigenvalue weighted by atomic mass is 16.5. The fraction of sp³-hybridized carbons (Fsp3) is 0.667. The first-order chi connectivity index (χ1) is 7.74. The first-order valence-corrected chi connectivity index (χ1v) is 5.82. The van der Waals surface area contributed by atoms with E-state index in [1.807, 2.05) is 0 Å². The van der Waals surface area contributed by atoms with Gasteiger partial charge in [-0.05, 0) is 12.5 Å². The summed E-state index contributed by atoms with van der Waals surface area (Å²) >= 11 is 0. The summed E-state index contributed by atoms with van der Waals surface area (Å²) in [6.45, 7) is 7.40. The van der Waals surface area contributed by atoms with Crippen LogP contribution in [-0.4, -0.2) is 23.6 Å². The molecule has 0 bridgehead atoms. The van der Waals surface area contributed by atoms with Gasteiger partial charge in [0.1, 0.15) is 5.69 Å². The Hall–Kier alpha value is -1.16. The summed E-state index contributed by atoms with van der Waals surface area (Å²) in [4.78, 5) is 8.58. The fourth-order valence-electron chi connectivity index (χ4n) is 1.73. The summed E-state index contributed by atoms with van der Waals surface area (Å²) in [5, 5.41) is 3.44. The highest BCUT2D eigenvalue weighted by molar-refractivity contribution is 5.21. The molecule has 4 nitrogen and oxygen atoms in total. The molecule has 90 valence electrons. The zero-order valence-corrected chi connectivity index (χ0v) is 10.5. The second-order valence-electron chi connectivity index (χ2n) is 3.87. The third-order valence-electron chi connectivity index (χ3n) is 2.82. The molecule has 1 N–H and O–H groups in total. The molecule has 0 spiro atoms. The number of hydrogen-bond acceptors (Lipinski definition) is 4. The quantitative estimate of drug-likeness (QED) is 0.803. The Labute approximate surface area is 97.5 Å². The van der Waals surface area contributed by atoms with Crippen LogP contribution < -0.4 is 10.1 Å². The lowest BCUT2D eigenvalue weighted by molar-refractivity contribution is 0.338. The molecular weight excluding hydrogens is 202 g/mol. The van der Waals surface area contributed by atoms with Crippen LogP contribution in [0.1, 0.15) is 38.9 Å². The number of nitrogens with one attached hydrogen (secondary N) is 1. The summed E-state index contributed by atoms with van der Waals surface area (Å²) < 4.78 is 5.25. The minimum absolute atomic E-state index is 0.207. The Morgan fingerprint density at radius 2 is 2.00 bits per heavy atom. The van der Waals surface area contributed by atoms with Crippen molar-refractivity contribution >= 4 is 0 Å². The average Bonchev–Trinajstić information content (AvgIpc) is 2.35. The number of hydrogen-bond donors (Lipinski definition) is 1. The summed E-state index contributed by atoms with van der Waals surface area (Å²) in [6, 6.07) is 0.207. The van der Waals surface area contributed by atoms with Gasteiger partial charge in [-0.15, -0.1) is 0 Å². The van der Waals surface area contributed by atoms with Gasteiger partial charge in [-0.3, -0.25) is 4.98 Å². The first kappa shape index (κ1) is 12.9. The molecule has 0 aliphatic carbocycles. The van der Waals surface area contributed by atoms with Crippen molar-refractivity contribution in [3.63, 3.8) is 0 Å². The Bertz CT molecular complexity index is 317. The molecule has 1 heterocycles. The van der Waals surface area contributed by atoms with Gasteiger partial charge in [-0.2, -0.15) is 0 Å². The molecule has 0 aromatic carbocycles. The van der Waals surface area contributed by atoms with Crippen molar-refractivity contribution in [1.82, 2.24) is 15.3 Å². The van der Waals surface area contributed by atoms with Gasteiger partial charge in [0.25, 0.3) is 0 Å². The molecule has 0 saturated carbocycles. The number of nitrogens with zero attached hydrogens (tertiary/aromatic N) is 2. The van der Waals surface area contributed by atoms with Gasteiger partial charge in [-0.25, -0.2) is 4.98 Å². The zero-order chi connectivity index (χ0) is 12.0. The summed E-state index contributed by atoms with van der Waals surface area (Å²) in [6.07, 6.45) is 4.46. The molecule has 0 radical (unpaired) electrons. The standard InChI is InChI=1S/C12H21N3O/c1-5-9(3)10(13-6-2)11-12(16-4)15-8-7-14-11/h7-10,13H,5-6H2,1-4H3. The molecule has 2 atom stereocenters. The molecule has 0 amide bonds. The molecule has 4 heteroatoms. The van der Waals surface area contributed by atoms with Gasteiger partial charge in [-0.1, -0.05) is 27.2 Å². The van der Waals surface area contributed by atoms with E-state index in [-0.39, 0.29) is 6.04 Å². The third kappa shape index (κ3) is 2.92. The SMILES string of the molecule is CCNC(c1nccnc1OC)C(C)CC. The lowest BCUT2D eigenvalue weighted by atomic mass is 9.96. The average molecular weight is 223 g/mol. The van der Waals surface area contributed by atoms with Crippen LogP contribution in [0.2, 0.25) is 0 Å². The van der Waals surface area contributed by atoms with E-state index in [1.54, 1.807) is 19.5 Å². The first-order valence-electron chi connectivity index (χ1n) is 5.82. The summed E-state index contributed by atoms with van der Waals surface area (Å²) in [7, 11) is 1.63. The molecular formula is C12H21N3O. The normalized spacial score (nSPS) is 14.5. The topological polar surface area (TPSA) is 47.0 Å². The van der Waals surface area contributed by atoms with Gasteiger partial charge in [0.05, 0.1) is 13.2 Å². The molecule has 0 fully saturated rings. The van der Waals surface area contributed by atoms with Crippen molar-refractivity contribution in [2.24, 2.45) is 5.92 Å². The van der Waals surface area contributed by atoms with Crippen LogP contribution in [-0.2, 0) is 0 Å². The van der Waals surface area contributed by atoms with Crippen LogP contribution in [0.3, 0.4) is 0 Å². The van der Waals surface area contributed by atoms with Crippen molar-refractivity contribution in [2.75, 3.05) is 13.7 Å². The monoisotopic (exact) mass is 223 g/mol. The van der Waals surface area contributed by atoms with E-state index in [1.165, 1.54) is 0 Å². The second kappa shape index (κ2) is 6.43. The Balaban J connectivity index is 2.99. The van der Waals surface area contributed by atoms with Crippen LogP contribution >= 0.6 is 0 Å². The van der Waals surface area contributed by atoms with Gasteiger partial charge in [0.2, 0.25) is 5.88 Å². The van der Waals surface area contributed by atoms with Gasteiger partial charge < -0.3 is 10.1 Å². The predicted octanol–water partition coefficient (Wildman–Crippen LogP) is 2.18. The van der Waals surface area contributed by atoms with Crippen molar-refractivity contribution in [2.45, 2.75) is 33.2 Å². The van der Waals surface area contributed by atoms with E-state index in [0.29, 0.717) is 11.8 Å². The van der Waals surface area contributed by atoms with Gasteiger partial charge in [0, 0.05) is 12.4 Å². The minimum Gasteiger partial charge on any atom is -0.480 e. The Morgan fingerprint density at radius 3 is 2.56 bits per heavy atom. The number of aromatic nitrogens is 2. The Morgan fingerprint density at radius 1 is 1.31 bits per heavy atom. The van der Waals surface area contributed by atoms with E-state index < -0.39 is 0 Å². The van der Waals surface area contributed by atoms with E-state index in [2.05, 4.69) is 36.1 Å². The van der Waals surface area contributed by atoms with Crippen molar-refractivity contribution < 1.29 is 4.74 Å². The predicted molar refractivity (Wildman–Crippen MR) is 64.5 cm³/mol. The molecule has 1 aromatic rings. The highest BCUT2D eigenvalue weighted by Gasteiger charge is 2.22. The van der Waals surface area contributed by atoms with Crippen molar-refractivity contribution in [3.8, 4) is 5.88 Å². The van der Waals surface area contributed by atoms with Crippen LogP contribution in [0.5, 0.6) is 5.88 Å². The van der Waals surface area contributed by atoms with Gasteiger partial charge in [0.15, 0.2) is 0 Å². The van der Waals surface area contributed by atoms with E-state index >= 15 is 0 Å². The molecule has 0 aliphatic rings. The van der Waals surface area contributed by atoms with Crippen molar-refractivity contribution in [1.29, 1.82) is 0 Å². The molecule has 0 aliphatic heterocycles. The maximum absolute atomic E-state index is 5.25. The highest BCUT2D eigenvalue weighted by Crippen LogP contribution is 2.27. The third-order valence-corrected chi connectivity index (χ3v) is 2.82. The maximum atomic E-state index is 5.25. The largest absolute Gasteiger partial charge is 0.480 e. The summed E-state index contributed by atoms with van der Waals surface area (Å²) in [5.74, 6) is 1.12. The number of rotatable bonds is 6.